The highest BCUT2D eigenvalue weighted by atomic mass is 16.6. The Bertz CT molecular complexity index is 1020. The van der Waals surface area contributed by atoms with Crippen LogP contribution in [0.3, 0.4) is 0 Å². The summed E-state index contributed by atoms with van der Waals surface area (Å²) in [6.07, 6.45) is 2.23. The Labute approximate surface area is 258 Å². The van der Waals surface area contributed by atoms with E-state index in [0.717, 1.165) is 12.2 Å². The van der Waals surface area contributed by atoms with Crippen molar-refractivity contribution in [2.45, 2.75) is 54.4 Å². The molecule has 0 N–H and O–H groups in total. The van der Waals surface area contributed by atoms with Crippen molar-refractivity contribution >= 4 is 35.8 Å². The third-order valence-corrected chi connectivity index (χ3v) is 6.33. The van der Waals surface area contributed by atoms with E-state index in [1.54, 1.807) is 13.8 Å². The number of rotatable bonds is 20. The van der Waals surface area contributed by atoms with Crippen LogP contribution in [0, 0.1) is 10.8 Å². The Morgan fingerprint density at radius 2 is 0.659 bits per heavy atom. The zero-order chi connectivity index (χ0) is 34.1. The zero-order valence-corrected chi connectivity index (χ0v) is 26.5. The van der Waals surface area contributed by atoms with Gasteiger partial charge in [0.25, 0.3) is 0 Å². The highest BCUT2D eigenvalue weighted by molar-refractivity contribution is 5.92. The van der Waals surface area contributed by atoms with Crippen LogP contribution in [-0.2, 0) is 57.2 Å². The van der Waals surface area contributed by atoms with Gasteiger partial charge in [-0.05, 0) is 40.5 Å². The van der Waals surface area contributed by atoms with Crippen LogP contribution in [0.2, 0.25) is 0 Å². The van der Waals surface area contributed by atoms with Crippen molar-refractivity contribution in [2.24, 2.45) is 10.8 Å². The van der Waals surface area contributed by atoms with E-state index in [4.69, 9.17) is 28.4 Å². The molecule has 0 radical (unpaired) electrons. The maximum Gasteiger partial charge on any atom is 0.333 e. The molecule has 244 valence electrons. The lowest BCUT2D eigenvalue weighted by atomic mass is 9.88. The summed E-state index contributed by atoms with van der Waals surface area (Å²) in [7, 11) is 0. The molecule has 0 aromatic heterocycles. The lowest BCUT2D eigenvalue weighted by molar-refractivity contribution is -0.160. The standard InChI is InChI=1S/C32H44O12/c1-11-31(17-41-27(35)21(3)4,18-42-28(36)22(5)6)15-39-25(33)13-14-26(34)40-16-32(12-2,19-43-29(37)23(7)8)20-44-30(38)24(9)10/h13-14H,3,5,7,9,11-12,15-20H2,1-2,4,6,8,10H3/b14-13-. The molecule has 0 aliphatic rings. The van der Waals surface area contributed by atoms with E-state index < -0.39 is 46.6 Å². The monoisotopic (exact) mass is 620 g/mol. The molecule has 12 nitrogen and oxygen atoms in total. The van der Waals surface area contributed by atoms with Crippen LogP contribution in [0.25, 0.3) is 0 Å². The van der Waals surface area contributed by atoms with Gasteiger partial charge >= 0.3 is 35.8 Å². The van der Waals surface area contributed by atoms with E-state index in [2.05, 4.69) is 26.3 Å². The minimum atomic E-state index is -1.09. The topological polar surface area (TPSA) is 158 Å². The molecule has 0 aromatic carbocycles. The predicted molar refractivity (Wildman–Crippen MR) is 160 cm³/mol. The van der Waals surface area contributed by atoms with Crippen molar-refractivity contribution in [2.75, 3.05) is 39.6 Å². The summed E-state index contributed by atoms with van der Waals surface area (Å²) in [5, 5.41) is 0. The first-order valence-corrected chi connectivity index (χ1v) is 13.7. The lowest BCUT2D eigenvalue weighted by Gasteiger charge is -2.31. The van der Waals surface area contributed by atoms with E-state index in [0.29, 0.717) is 0 Å². The zero-order valence-electron chi connectivity index (χ0n) is 26.5. The van der Waals surface area contributed by atoms with Gasteiger partial charge in [0.05, 0.1) is 10.8 Å². The van der Waals surface area contributed by atoms with Gasteiger partial charge in [-0.15, -0.1) is 0 Å². The second kappa shape index (κ2) is 18.9. The fourth-order valence-electron chi connectivity index (χ4n) is 2.91. The molecule has 12 heteroatoms. The van der Waals surface area contributed by atoms with Crippen LogP contribution in [0.5, 0.6) is 0 Å². The van der Waals surface area contributed by atoms with E-state index in [1.807, 2.05) is 0 Å². The fourth-order valence-corrected chi connectivity index (χ4v) is 2.91. The molecule has 0 atom stereocenters. The average Bonchev–Trinajstić information content (AvgIpc) is 2.98. The number of hydrogen-bond acceptors (Lipinski definition) is 12. The summed E-state index contributed by atoms with van der Waals surface area (Å²) in [4.78, 5) is 72.7. The SMILES string of the molecule is C=C(C)C(=O)OCC(CC)(COC(=O)/C=C\C(=O)OCC(CC)(COC(=O)C(=C)C)COC(=O)C(=C)C)COC(=O)C(=C)C. The summed E-state index contributed by atoms with van der Waals surface area (Å²) in [6, 6.07) is 0. The molecule has 0 aliphatic heterocycles. The maximum absolute atomic E-state index is 12.5. The largest absolute Gasteiger partial charge is 0.462 e. The van der Waals surface area contributed by atoms with Gasteiger partial charge in [-0.1, -0.05) is 40.2 Å². The molecule has 44 heavy (non-hydrogen) atoms. The van der Waals surface area contributed by atoms with Gasteiger partial charge in [0.2, 0.25) is 0 Å². The van der Waals surface area contributed by atoms with Crippen molar-refractivity contribution in [3.8, 4) is 0 Å². The van der Waals surface area contributed by atoms with Crippen LogP contribution in [0.15, 0.2) is 60.8 Å². The molecule has 0 heterocycles. The van der Waals surface area contributed by atoms with Crippen molar-refractivity contribution in [1.82, 2.24) is 0 Å². The number of carbonyl (C=O) groups excluding carboxylic acids is 6. The molecular formula is C32H44O12. The Hall–Kier alpha value is -4.48. The van der Waals surface area contributed by atoms with Crippen LogP contribution in [0.1, 0.15) is 54.4 Å². The van der Waals surface area contributed by atoms with Gasteiger partial charge in [-0.25, -0.2) is 28.8 Å². The van der Waals surface area contributed by atoms with Gasteiger partial charge in [-0.3, -0.25) is 0 Å². The van der Waals surface area contributed by atoms with Gasteiger partial charge in [-0.2, -0.15) is 0 Å². The van der Waals surface area contributed by atoms with Gasteiger partial charge in [0.1, 0.15) is 39.6 Å². The summed E-state index contributed by atoms with van der Waals surface area (Å²) in [5.74, 6) is -4.54. The van der Waals surface area contributed by atoms with E-state index >= 15 is 0 Å². The molecule has 0 saturated heterocycles. The maximum atomic E-state index is 12.5. The first kappa shape index (κ1) is 39.5. The van der Waals surface area contributed by atoms with Crippen molar-refractivity contribution < 1.29 is 57.2 Å². The molecular weight excluding hydrogens is 576 g/mol. The van der Waals surface area contributed by atoms with Gasteiger partial charge in [0, 0.05) is 34.4 Å². The smallest absolute Gasteiger partial charge is 0.333 e. The minimum Gasteiger partial charge on any atom is -0.462 e. The van der Waals surface area contributed by atoms with Gasteiger partial charge in [0.15, 0.2) is 0 Å². The molecule has 0 bridgehead atoms. The third kappa shape index (κ3) is 14.6. The molecule has 0 aromatic rings. The van der Waals surface area contributed by atoms with Crippen molar-refractivity contribution in [3.05, 3.63) is 60.8 Å². The number of ether oxygens (including phenoxy) is 6. The third-order valence-electron chi connectivity index (χ3n) is 6.33. The molecule has 0 rings (SSSR count). The first-order chi connectivity index (χ1) is 20.4. The van der Waals surface area contributed by atoms with E-state index in [-0.39, 0.29) is 74.8 Å². The molecule has 0 amide bonds. The quantitative estimate of drug-likeness (QED) is 0.110. The Morgan fingerprint density at radius 3 is 0.841 bits per heavy atom. The average molecular weight is 621 g/mol. The van der Waals surface area contributed by atoms with Crippen LogP contribution in [0.4, 0.5) is 0 Å². The van der Waals surface area contributed by atoms with Crippen LogP contribution >= 0.6 is 0 Å². The first-order valence-electron chi connectivity index (χ1n) is 13.7. The Balaban J connectivity index is 5.51. The minimum absolute atomic E-state index is 0.155. The predicted octanol–water partition coefficient (Wildman–Crippen LogP) is 3.90. The lowest BCUT2D eigenvalue weighted by Crippen LogP contribution is -2.39. The second-order valence-electron chi connectivity index (χ2n) is 10.7. The van der Waals surface area contributed by atoms with Crippen molar-refractivity contribution in [1.29, 1.82) is 0 Å². The second-order valence-corrected chi connectivity index (χ2v) is 10.7. The summed E-state index contributed by atoms with van der Waals surface area (Å²) in [5.41, 5.74) is -1.57. The number of carbonyl (C=O) groups is 6. The van der Waals surface area contributed by atoms with E-state index in [1.165, 1.54) is 27.7 Å². The van der Waals surface area contributed by atoms with Crippen LogP contribution in [-0.4, -0.2) is 75.5 Å². The Kier molecular flexibility index (Phi) is 17.0. The van der Waals surface area contributed by atoms with Crippen molar-refractivity contribution in [3.63, 3.8) is 0 Å². The summed E-state index contributed by atoms with van der Waals surface area (Å²) >= 11 is 0. The van der Waals surface area contributed by atoms with Crippen LogP contribution < -0.4 is 0 Å². The van der Waals surface area contributed by atoms with Gasteiger partial charge < -0.3 is 28.4 Å². The number of hydrogen-bond donors (Lipinski definition) is 0. The normalized spacial score (nSPS) is 11.1. The highest BCUT2D eigenvalue weighted by Crippen LogP contribution is 2.26. The molecule has 0 aliphatic carbocycles. The number of esters is 6. The van der Waals surface area contributed by atoms with E-state index in [9.17, 15) is 28.8 Å². The summed E-state index contributed by atoms with van der Waals surface area (Å²) in [6.45, 7) is 21.8. The molecule has 0 unspecified atom stereocenters. The summed E-state index contributed by atoms with van der Waals surface area (Å²) < 4.78 is 31.5. The Morgan fingerprint density at radius 1 is 0.455 bits per heavy atom. The fraction of sp³-hybridized carbons (Fsp3) is 0.500. The molecule has 0 saturated carbocycles. The molecule has 0 spiro atoms. The highest BCUT2D eigenvalue weighted by Gasteiger charge is 2.35. The molecule has 0 fully saturated rings.